The first-order valence-corrected chi connectivity index (χ1v) is 11.6. The fourth-order valence-electron chi connectivity index (χ4n) is 3.07. The predicted molar refractivity (Wildman–Crippen MR) is 131 cm³/mol. The van der Waals surface area contributed by atoms with Gasteiger partial charge in [-0.05, 0) is 79.2 Å². The number of amidine groups is 1. The molecule has 0 radical (unpaired) electrons. The molecular formula is C24H32FN3O5S. The Bertz CT molecular complexity index is 1040. The molecule has 2 amide bonds. The molecule has 1 heterocycles. The van der Waals surface area contributed by atoms with E-state index in [-0.39, 0.29) is 17.2 Å². The molecule has 1 aliphatic rings. The zero-order valence-corrected chi connectivity index (χ0v) is 21.6. The van der Waals surface area contributed by atoms with Crippen molar-refractivity contribution in [3.05, 3.63) is 40.1 Å². The molecule has 34 heavy (non-hydrogen) atoms. The smallest absolute Gasteiger partial charge is 0.413 e. The second kappa shape index (κ2) is 10.2. The summed E-state index contributed by atoms with van der Waals surface area (Å²) in [4.78, 5) is 41.2. The molecule has 0 spiro atoms. The van der Waals surface area contributed by atoms with Gasteiger partial charge < -0.3 is 9.47 Å². The van der Waals surface area contributed by atoms with Crippen molar-refractivity contribution in [2.24, 2.45) is 4.99 Å². The summed E-state index contributed by atoms with van der Waals surface area (Å²) >= 11 is 1.12. The fraction of sp³-hybridized carbons (Fsp3) is 0.500. The molecule has 2 N–H and O–H groups in total. The minimum atomic E-state index is -1.18. The highest BCUT2D eigenvalue weighted by atomic mass is 32.2. The lowest BCUT2D eigenvalue weighted by Gasteiger charge is -2.33. The van der Waals surface area contributed by atoms with Gasteiger partial charge in [0.05, 0.1) is 5.54 Å². The van der Waals surface area contributed by atoms with Gasteiger partial charge in [-0.1, -0.05) is 11.8 Å². The molecule has 1 atom stereocenters. The van der Waals surface area contributed by atoms with Gasteiger partial charge in [-0.2, -0.15) is 0 Å². The lowest BCUT2D eigenvalue weighted by atomic mass is 9.87. The van der Waals surface area contributed by atoms with E-state index in [4.69, 9.17) is 9.47 Å². The zero-order chi connectivity index (χ0) is 25.9. The van der Waals surface area contributed by atoms with Crippen LogP contribution in [0.25, 0.3) is 0 Å². The molecule has 2 rings (SSSR count). The summed E-state index contributed by atoms with van der Waals surface area (Å²) in [7, 11) is 0. The van der Waals surface area contributed by atoms with Gasteiger partial charge in [0.15, 0.2) is 5.17 Å². The quantitative estimate of drug-likeness (QED) is 0.402. The Hall–Kier alpha value is -2.88. The second-order valence-corrected chi connectivity index (χ2v) is 11.2. The third kappa shape index (κ3) is 7.86. The molecule has 8 nitrogen and oxygen atoms in total. The number of allylic oxidation sites excluding steroid dienone is 1. The van der Waals surface area contributed by atoms with Crippen molar-refractivity contribution in [2.45, 2.75) is 78.6 Å². The zero-order valence-electron chi connectivity index (χ0n) is 20.8. The maximum Gasteiger partial charge on any atom is 0.413 e. The molecular weight excluding hydrogens is 461 g/mol. The number of benzene rings is 1. The minimum absolute atomic E-state index is 0.170. The fourth-order valence-corrected chi connectivity index (χ4v) is 4.25. The van der Waals surface area contributed by atoms with Crippen LogP contribution in [-0.4, -0.2) is 34.8 Å². The maximum atomic E-state index is 15.0. The monoisotopic (exact) mass is 493 g/mol. The Kier molecular flexibility index (Phi) is 8.18. The molecule has 1 aromatic carbocycles. The molecule has 10 heteroatoms. The highest BCUT2D eigenvalue weighted by molar-refractivity contribution is 8.17. The van der Waals surface area contributed by atoms with Crippen molar-refractivity contribution in [2.75, 3.05) is 5.32 Å². The molecule has 186 valence electrons. The van der Waals surface area contributed by atoms with Crippen LogP contribution in [0.1, 0.15) is 67.4 Å². The second-order valence-electron chi connectivity index (χ2n) is 10.1. The molecule has 0 aromatic heterocycles. The van der Waals surface area contributed by atoms with Gasteiger partial charge in [-0.3, -0.25) is 20.4 Å². The number of alkyl carbamates (subject to hydrolysis) is 1. The van der Waals surface area contributed by atoms with Crippen molar-refractivity contribution in [1.29, 1.82) is 0 Å². The molecule has 1 aliphatic heterocycles. The number of anilines is 1. The van der Waals surface area contributed by atoms with Gasteiger partial charge in [0.2, 0.25) is 0 Å². The van der Waals surface area contributed by atoms with Crippen LogP contribution in [0.15, 0.2) is 33.7 Å². The molecule has 0 bridgehead atoms. The van der Waals surface area contributed by atoms with Gasteiger partial charge in [0.1, 0.15) is 23.3 Å². The van der Waals surface area contributed by atoms with Gasteiger partial charge in [-0.25, -0.2) is 14.0 Å². The van der Waals surface area contributed by atoms with Crippen molar-refractivity contribution < 1.29 is 28.2 Å². The third-order valence-electron chi connectivity index (χ3n) is 4.49. The number of nitrogens with one attached hydrogen (secondary N) is 2. The van der Waals surface area contributed by atoms with Crippen LogP contribution in [0.4, 0.5) is 19.7 Å². The number of hydrogen-bond acceptors (Lipinski definition) is 7. The first kappa shape index (κ1) is 27.4. The van der Waals surface area contributed by atoms with Gasteiger partial charge in [0, 0.05) is 22.6 Å². The van der Waals surface area contributed by atoms with Gasteiger partial charge in [0.25, 0.3) is 0 Å². The number of carbonyl (C=O) groups excluding carboxylic acids is 3. The van der Waals surface area contributed by atoms with Crippen LogP contribution in [-0.2, 0) is 19.8 Å². The Balaban J connectivity index is 2.46. The highest BCUT2D eigenvalue weighted by Gasteiger charge is 2.37. The van der Waals surface area contributed by atoms with E-state index < -0.39 is 34.7 Å². The van der Waals surface area contributed by atoms with E-state index in [1.54, 1.807) is 55.4 Å². The summed E-state index contributed by atoms with van der Waals surface area (Å²) in [6.07, 6.45) is -0.473. The molecule has 1 aromatic rings. The summed E-state index contributed by atoms with van der Waals surface area (Å²) in [5.74, 6) is -0.549. The van der Waals surface area contributed by atoms with Crippen LogP contribution in [0.3, 0.4) is 0 Å². The molecule has 0 aliphatic carbocycles. The summed E-state index contributed by atoms with van der Waals surface area (Å²) in [6, 6.07) is 4.11. The number of nitrogens with zero attached hydrogens (tertiary/aromatic N) is 1. The van der Waals surface area contributed by atoms with E-state index in [0.717, 1.165) is 11.8 Å². The number of hydrogen-bond donors (Lipinski definition) is 2. The van der Waals surface area contributed by atoms with E-state index in [2.05, 4.69) is 15.6 Å². The van der Waals surface area contributed by atoms with Crippen LogP contribution in [0, 0.1) is 5.82 Å². The van der Waals surface area contributed by atoms with Gasteiger partial charge in [-0.15, -0.1) is 0 Å². The number of amides is 2. The predicted octanol–water partition coefficient (Wildman–Crippen LogP) is 5.88. The van der Waals surface area contributed by atoms with Crippen molar-refractivity contribution in [1.82, 2.24) is 5.32 Å². The summed E-state index contributed by atoms with van der Waals surface area (Å²) < 4.78 is 25.6. The number of rotatable bonds is 3. The van der Waals surface area contributed by atoms with E-state index in [1.807, 2.05) is 0 Å². The first-order chi connectivity index (χ1) is 15.5. The van der Waals surface area contributed by atoms with Crippen molar-refractivity contribution in [3.8, 4) is 0 Å². The third-order valence-corrected chi connectivity index (χ3v) is 5.59. The standard InChI is InChI=1S/C24H32FN3O5S/c1-14(13-29)18-12-24(8,28-19(34-18)27-21(31)33-23(5,6)7)16-11-15(9-10-17(16)25)26-20(30)32-22(2,3)4/h9-11,13H,12H2,1-8H3,(H,26,30)(H,27,28,31)/b18-14-/t24-/m0/s1. The maximum absolute atomic E-state index is 15.0. The summed E-state index contributed by atoms with van der Waals surface area (Å²) in [5.41, 5.74) is -1.65. The van der Waals surface area contributed by atoms with Crippen LogP contribution < -0.4 is 10.6 Å². The molecule has 0 unspecified atom stereocenters. The van der Waals surface area contributed by atoms with E-state index in [9.17, 15) is 14.4 Å². The van der Waals surface area contributed by atoms with E-state index in [1.165, 1.54) is 18.2 Å². The topological polar surface area (TPSA) is 106 Å². The average Bonchev–Trinajstić information content (AvgIpc) is 2.65. The Morgan fingerprint density at radius 1 is 1.09 bits per heavy atom. The van der Waals surface area contributed by atoms with E-state index >= 15 is 4.39 Å². The van der Waals surface area contributed by atoms with Crippen LogP contribution in [0.5, 0.6) is 0 Å². The largest absolute Gasteiger partial charge is 0.444 e. The van der Waals surface area contributed by atoms with Crippen LogP contribution in [0.2, 0.25) is 0 Å². The Labute approximate surface area is 203 Å². The number of carbonyl (C=O) groups is 3. The van der Waals surface area contributed by atoms with Crippen LogP contribution >= 0.6 is 11.8 Å². The lowest BCUT2D eigenvalue weighted by molar-refractivity contribution is -0.104. The Morgan fingerprint density at radius 2 is 1.65 bits per heavy atom. The number of aliphatic imine (C=N–C) groups is 1. The molecule has 0 saturated heterocycles. The molecule has 0 saturated carbocycles. The minimum Gasteiger partial charge on any atom is -0.444 e. The first-order valence-electron chi connectivity index (χ1n) is 10.7. The van der Waals surface area contributed by atoms with E-state index in [0.29, 0.717) is 22.5 Å². The molecule has 0 fully saturated rings. The van der Waals surface area contributed by atoms with Crippen molar-refractivity contribution in [3.63, 3.8) is 0 Å². The number of ether oxygens (including phenoxy) is 2. The number of halogens is 1. The Morgan fingerprint density at radius 3 is 2.18 bits per heavy atom. The SMILES string of the molecule is C/C(C=O)=C1\C[C@@](C)(c2cc(NC(=O)OC(C)(C)C)ccc2F)N=C(NC(=O)OC(C)(C)C)S1. The average molecular weight is 494 g/mol. The number of thioether (sulfide) groups is 1. The highest BCUT2D eigenvalue weighted by Crippen LogP contribution is 2.44. The van der Waals surface area contributed by atoms with Gasteiger partial charge >= 0.3 is 12.2 Å². The number of aldehydes is 1. The lowest BCUT2D eigenvalue weighted by Crippen LogP contribution is -2.38. The normalized spacial score (nSPS) is 20.1. The summed E-state index contributed by atoms with van der Waals surface area (Å²) in [6.45, 7) is 13.7. The summed E-state index contributed by atoms with van der Waals surface area (Å²) in [5, 5.41) is 5.36. The van der Waals surface area contributed by atoms with Crippen molar-refractivity contribution >= 4 is 41.1 Å².